The highest BCUT2D eigenvalue weighted by molar-refractivity contribution is 5.76. The zero-order chi connectivity index (χ0) is 14.3. The zero-order valence-electron chi connectivity index (χ0n) is 11.4. The van der Waals surface area contributed by atoms with Gasteiger partial charge in [0, 0.05) is 31.1 Å². The van der Waals surface area contributed by atoms with Gasteiger partial charge < -0.3 is 15.7 Å². The van der Waals surface area contributed by atoms with Gasteiger partial charge >= 0.3 is 0 Å². The minimum Gasteiger partial charge on any atom is -0.508 e. The number of phenols is 1. The van der Waals surface area contributed by atoms with E-state index in [0.717, 1.165) is 6.42 Å². The van der Waals surface area contributed by atoms with Gasteiger partial charge in [0.15, 0.2) is 0 Å². The molecule has 0 fully saturated rings. The number of benzene rings is 1. The molecule has 0 aliphatic carbocycles. The maximum absolute atomic E-state index is 13.0. The van der Waals surface area contributed by atoms with Crippen molar-refractivity contribution in [3.05, 3.63) is 29.6 Å². The van der Waals surface area contributed by atoms with Crippen LogP contribution in [0.15, 0.2) is 18.2 Å². The van der Waals surface area contributed by atoms with Crippen LogP contribution < -0.4 is 10.6 Å². The third kappa shape index (κ3) is 5.70. The van der Waals surface area contributed by atoms with E-state index in [4.69, 9.17) is 0 Å². The lowest BCUT2D eigenvalue weighted by Crippen LogP contribution is -2.33. The highest BCUT2D eigenvalue weighted by Gasteiger charge is 2.06. The Morgan fingerprint density at radius 3 is 2.89 bits per heavy atom. The van der Waals surface area contributed by atoms with E-state index in [2.05, 4.69) is 10.6 Å². The van der Waals surface area contributed by atoms with Crippen molar-refractivity contribution in [2.45, 2.75) is 39.3 Å². The van der Waals surface area contributed by atoms with Gasteiger partial charge in [-0.3, -0.25) is 4.79 Å². The number of hydrogen-bond donors (Lipinski definition) is 3. The minimum absolute atomic E-state index is 0.00897. The van der Waals surface area contributed by atoms with E-state index in [1.54, 1.807) is 0 Å². The molecular weight excluding hydrogens is 247 g/mol. The minimum atomic E-state index is -0.385. The smallest absolute Gasteiger partial charge is 0.221 e. The number of carbonyl (C=O) groups is 1. The predicted octanol–water partition coefficient (Wildman–Crippen LogP) is 1.93. The lowest BCUT2D eigenvalue weighted by atomic mass is 10.2. The molecule has 0 aromatic heterocycles. The summed E-state index contributed by atoms with van der Waals surface area (Å²) < 4.78 is 13.0. The fraction of sp³-hybridized carbons (Fsp3) is 0.500. The van der Waals surface area contributed by atoms with Crippen LogP contribution in [0.3, 0.4) is 0 Å². The van der Waals surface area contributed by atoms with Gasteiger partial charge in [-0.1, -0.05) is 6.92 Å². The molecule has 0 saturated carbocycles. The van der Waals surface area contributed by atoms with E-state index in [1.165, 1.54) is 18.2 Å². The van der Waals surface area contributed by atoms with Crippen molar-refractivity contribution in [3.63, 3.8) is 0 Å². The molecule has 0 aliphatic heterocycles. The molecule has 0 spiro atoms. The first-order valence-corrected chi connectivity index (χ1v) is 6.50. The maximum atomic E-state index is 13.0. The molecule has 5 heteroatoms. The summed E-state index contributed by atoms with van der Waals surface area (Å²) >= 11 is 0. The van der Waals surface area contributed by atoms with Crippen molar-refractivity contribution in [2.24, 2.45) is 0 Å². The van der Waals surface area contributed by atoms with E-state index in [-0.39, 0.29) is 23.5 Å². The lowest BCUT2D eigenvalue weighted by molar-refractivity contribution is -0.121. The van der Waals surface area contributed by atoms with E-state index in [9.17, 15) is 14.3 Å². The Balaban J connectivity index is 2.27. The molecule has 0 heterocycles. The Kier molecular flexibility index (Phi) is 6.29. The molecule has 0 radical (unpaired) electrons. The molecule has 0 aliphatic rings. The number of phenolic OH excluding ortho intramolecular Hbond substituents is 1. The first-order valence-electron chi connectivity index (χ1n) is 6.50. The van der Waals surface area contributed by atoms with Crippen LogP contribution in [0.4, 0.5) is 4.39 Å². The number of amides is 1. The molecule has 1 rings (SSSR count). The second-order valence-electron chi connectivity index (χ2n) is 4.58. The van der Waals surface area contributed by atoms with Crippen LogP contribution in [0.2, 0.25) is 0 Å². The van der Waals surface area contributed by atoms with Crippen molar-refractivity contribution in [1.82, 2.24) is 10.6 Å². The van der Waals surface area contributed by atoms with Gasteiger partial charge in [0.2, 0.25) is 5.91 Å². The molecular formula is C14H21FN2O2. The number of carbonyl (C=O) groups excluding carboxylic acids is 1. The topological polar surface area (TPSA) is 61.4 Å². The molecule has 106 valence electrons. The molecule has 0 bridgehead atoms. The standard InChI is InChI=1S/C14H21FN2O2/c1-3-10(2)17-14(19)6-7-16-9-11-8-12(15)4-5-13(11)18/h4-5,8,10,16,18H,3,6-7,9H2,1-2H3,(H,17,19). The number of nitrogens with one attached hydrogen (secondary N) is 2. The summed E-state index contributed by atoms with van der Waals surface area (Å²) in [5, 5.41) is 15.4. The summed E-state index contributed by atoms with van der Waals surface area (Å²) in [6.07, 6.45) is 1.26. The highest BCUT2D eigenvalue weighted by Crippen LogP contribution is 2.17. The summed E-state index contributed by atoms with van der Waals surface area (Å²) in [5.74, 6) is -0.340. The summed E-state index contributed by atoms with van der Waals surface area (Å²) in [7, 11) is 0. The molecule has 19 heavy (non-hydrogen) atoms. The Morgan fingerprint density at radius 1 is 1.47 bits per heavy atom. The second-order valence-corrected chi connectivity index (χ2v) is 4.58. The van der Waals surface area contributed by atoms with Crippen molar-refractivity contribution < 1.29 is 14.3 Å². The molecule has 1 amide bonds. The van der Waals surface area contributed by atoms with Crippen LogP contribution in [0.25, 0.3) is 0 Å². The van der Waals surface area contributed by atoms with Gasteiger partial charge in [-0.2, -0.15) is 0 Å². The van der Waals surface area contributed by atoms with E-state index in [1.807, 2.05) is 13.8 Å². The van der Waals surface area contributed by atoms with Crippen molar-refractivity contribution in [3.8, 4) is 5.75 Å². The summed E-state index contributed by atoms with van der Waals surface area (Å²) in [5.41, 5.74) is 0.488. The quantitative estimate of drug-likeness (QED) is 0.662. The average molecular weight is 268 g/mol. The first-order chi connectivity index (χ1) is 9.02. The highest BCUT2D eigenvalue weighted by atomic mass is 19.1. The molecule has 1 unspecified atom stereocenters. The van der Waals surface area contributed by atoms with Crippen molar-refractivity contribution in [2.75, 3.05) is 6.54 Å². The molecule has 3 N–H and O–H groups in total. The third-order valence-corrected chi connectivity index (χ3v) is 2.91. The molecule has 4 nitrogen and oxygen atoms in total. The monoisotopic (exact) mass is 268 g/mol. The number of halogens is 1. The summed E-state index contributed by atoms with van der Waals surface area (Å²) in [4.78, 5) is 11.5. The Morgan fingerprint density at radius 2 is 2.21 bits per heavy atom. The zero-order valence-corrected chi connectivity index (χ0v) is 11.4. The van der Waals surface area contributed by atoms with E-state index >= 15 is 0 Å². The second kappa shape index (κ2) is 7.74. The van der Waals surface area contributed by atoms with Gasteiger partial charge in [0.1, 0.15) is 11.6 Å². The summed E-state index contributed by atoms with van der Waals surface area (Å²) in [6, 6.07) is 3.99. The first kappa shape index (κ1) is 15.4. The van der Waals surface area contributed by atoms with Gasteiger partial charge in [-0.15, -0.1) is 0 Å². The normalized spacial score (nSPS) is 12.2. The van der Waals surface area contributed by atoms with Gasteiger partial charge in [-0.05, 0) is 31.5 Å². The Labute approximate surface area is 113 Å². The van der Waals surface area contributed by atoms with E-state index < -0.39 is 0 Å². The van der Waals surface area contributed by atoms with Gasteiger partial charge in [0.25, 0.3) is 0 Å². The number of aromatic hydroxyl groups is 1. The number of hydrogen-bond acceptors (Lipinski definition) is 3. The Hall–Kier alpha value is -1.62. The molecule has 1 aromatic rings. The average Bonchev–Trinajstić information content (AvgIpc) is 2.38. The molecule has 1 aromatic carbocycles. The van der Waals surface area contributed by atoms with Crippen LogP contribution in [0.1, 0.15) is 32.3 Å². The molecule has 0 saturated heterocycles. The maximum Gasteiger partial charge on any atom is 0.221 e. The van der Waals surface area contributed by atoms with Crippen molar-refractivity contribution in [1.29, 1.82) is 0 Å². The largest absolute Gasteiger partial charge is 0.508 e. The van der Waals surface area contributed by atoms with Gasteiger partial charge in [-0.25, -0.2) is 4.39 Å². The molecule has 1 atom stereocenters. The van der Waals surface area contributed by atoms with Crippen LogP contribution in [0, 0.1) is 5.82 Å². The lowest BCUT2D eigenvalue weighted by Gasteiger charge is -2.11. The van der Waals surface area contributed by atoms with Crippen molar-refractivity contribution >= 4 is 5.91 Å². The van der Waals surface area contributed by atoms with Gasteiger partial charge in [0.05, 0.1) is 0 Å². The Bertz CT molecular complexity index is 424. The predicted molar refractivity (Wildman–Crippen MR) is 72.3 cm³/mol. The van der Waals surface area contributed by atoms with Crippen LogP contribution in [-0.4, -0.2) is 23.6 Å². The van der Waals surface area contributed by atoms with Crippen LogP contribution >= 0.6 is 0 Å². The fourth-order valence-electron chi connectivity index (χ4n) is 1.57. The number of rotatable bonds is 7. The van der Waals surface area contributed by atoms with Crippen LogP contribution in [-0.2, 0) is 11.3 Å². The fourth-order valence-corrected chi connectivity index (χ4v) is 1.57. The SMILES string of the molecule is CCC(C)NC(=O)CCNCc1cc(F)ccc1O. The third-order valence-electron chi connectivity index (χ3n) is 2.91. The van der Waals surface area contributed by atoms with Crippen LogP contribution in [0.5, 0.6) is 5.75 Å². The summed E-state index contributed by atoms with van der Waals surface area (Å²) in [6.45, 7) is 4.78. The van der Waals surface area contributed by atoms with E-state index in [0.29, 0.717) is 25.1 Å².